The van der Waals surface area contributed by atoms with Crippen LogP contribution in [0.1, 0.15) is 10.4 Å². The molecule has 0 bridgehead atoms. The molecule has 0 spiro atoms. The van der Waals surface area contributed by atoms with Gasteiger partial charge in [-0.05, 0) is 18.2 Å². The molecule has 1 atom stereocenters. The zero-order chi connectivity index (χ0) is 13.2. The maximum atomic E-state index is 12.5. The minimum Gasteiger partial charge on any atom is -0.454 e. The Bertz CT molecular complexity index is 494. The molecular weight excluding hydrogens is 314 g/mol. The third kappa shape index (κ3) is 2.42. The third-order valence-corrected chi connectivity index (χ3v) is 4.03. The molecule has 1 aromatic carbocycles. The normalized spacial score (nSPS) is 21.5. The third-order valence-electron chi connectivity index (χ3n) is 3.29. The summed E-state index contributed by atoms with van der Waals surface area (Å²) in [6, 6.07) is 5.37. The Morgan fingerprint density at radius 2 is 2.21 bits per heavy atom. The molecular formula is C13H14BrNO4. The van der Waals surface area contributed by atoms with Gasteiger partial charge in [0.1, 0.15) is 0 Å². The second kappa shape index (κ2) is 5.38. The second-order valence-electron chi connectivity index (χ2n) is 4.45. The number of hydrogen-bond acceptors (Lipinski definition) is 4. The highest BCUT2D eigenvalue weighted by Gasteiger charge is 2.28. The molecule has 1 amide bonds. The molecule has 0 N–H and O–H groups in total. The van der Waals surface area contributed by atoms with Gasteiger partial charge in [-0.25, -0.2) is 0 Å². The number of benzene rings is 1. The first-order valence-corrected chi connectivity index (χ1v) is 7.26. The largest absolute Gasteiger partial charge is 0.454 e. The monoisotopic (exact) mass is 327 g/mol. The van der Waals surface area contributed by atoms with Crippen LogP contribution < -0.4 is 9.47 Å². The van der Waals surface area contributed by atoms with E-state index < -0.39 is 0 Å². The molecule has 3 rings (SSSR count). The van der Waals surface area contributed by atoms with Crippen LogP contribution in [0.25, 0.3) is 0 Å². The number of halogens is 1. The molecule has 2 aliphatic heterocycles. The number of nitrogens with zero attached hydrogens (tertiary/aromatic N) is 1. The number of hydrogen-bond donors (Lipinski definition) is 0. The summed E-state index contributed by atoms with van der Waals surface area (Å²) < 4.78 is 15.9. The predicted molar refractivity (Wildman–Crippen MR) is 72.0 cm³/mol. The molecule has 0 aliphatic carbocycles. The average molecular weight is 328 g/mol. The van der Waals surface area contributed by atoms with Crippen molar-refractivity contribution in [1.29, 1.82) is 0 Å². The van der Waals surface area contributed by atoms with Gasteiger partial charge in [0.25, 0.3) is 5.91 Å². The fourth-order valence-electron chi connectivity index (χ4n) is 2.25. The molecule has 2 aliphatic rings. The Hall–Kier alpha value is -1.27. The van der Waals surface area contributed by atoms with Crippen LogP contribution in [0.4, 0.5) is 0 Å². The first-order chi connectivity index (χ1) is 9.29. The van der Waals surface area contributed by atoms with E-state index in [9.17, 15) is 4.79 Å². The van der Waals surface area contributed by atoms with E-state index in [2.05, 4.69) is 15.9 Å². The summed E-state index contributed by atoms with van der Waals surface area (Å²) in [6.07, 6.45) is 0. The Kier molecular flexibility index (Phi) is 3.61. The van der Waals surface area contributed by atoms with Crippen molar-refractivity contribution in [2.45, 2.75) is 6.04 Å². The van der Waals surface area contributed by atoms with Crippen molar-refractivity contribution in [2.24, 2.45) is 0 Å². The second-order valence-corrected chi connectivity index (χ2v) is 5.10. The number of morpholine rings is 1. The van der Waals surface area contributed by atoms with Gasteiger partial charge in [0.05, 0.1) is 19.3 Å². The molecule has 6 heteroatoms. The summed E-state index contributed by atoms with van der Waals surface area (Å²) >= 11 is 3.42. The highest BCUT2D eigenvalue weighted by Crippen LogP contribution is 2.33. The van der Waals surface area contributed by atoms with Crippen LogP contribution in [0.2, 0.25) is 0 Å². The first kappa shape index (κ1) is 12.7. The van der Waals surface area contributed by atoms with Crippen LogP contribution >= 0.6 is 15.9 Å². The maximum Gasteiger partial charge on any atom is 0.254 e. The van der Waals surface area contributed by atoms with Crippen LogP contribution in [0.15, 0.2) is 18.2 Å². The molecule has 1 fully saturated rings. The van der Waals surface area contributed by atoms with Crippen LogP contribution in [-0.2, 0) is 4.74 Å². The highest BCUT2D eigenvalue weighted by molar-refractivity contribution is 9.09. The smallest absolute Gasteiger partial charge is 0.254 e. The molecule has 102 valence electrons. The van der Waals surface area contributed by atoms with E-state index in [1.807, 2.05) is 4.90 Å². The van der Waals surface area contributed by atoms with Gasteiger partial charge in [-0.3, -0.25) is 4.79 Å². The number of carbonyl (C=O) groups excluding carboxylic acids is 1. The average Bonchev–Trinajstić information content (AvgIpc) is 2.93. The molecule has 2 heterocycles. The fraction of sp³-hybridized carbons (Fsp3) is 0.462. The lowest BCUT2D eigenvalue weighted by Gasteiger charge is -2.34. The van der Waals surface area contributed by atoms with Gasteiger partial charge in [0.15, 0.2) is 11.5 Å². The summed E-state index contributed by atoms with van der Waals surface area (Å²) in [4.78, 5) is 14.4. The van der Waals surface area contributed by atoms with Crippen molar-refractivity contribution in [3.8, 4) is 11.5 Å². The summed E-state index contributed by atoms with van der Waals surface area (Å²) in [5.41, 5.74) is 0.622. The molecule has 19 heavy (non-hydrogen) atoms. The quantitative estimate of drug-likeness (QED) is 0.775. The number of amides is 1. The lowest BCUT2D eigenvalue weighted by Crippen LogP contribution is -2.49. The summed E-state index contributed by atoms with van der Waals surface area (Å²) in [5.74, 6) is 1.33. The SMILES string of the molecule is O=C(c1ccc2c(c1)OCO2)N1CCOCC1CBr. The Morgan fingerprint density at radius 1 is 1.37 bits per heavy atom. The zero-order valence-corrected chi connectivity index (χ0v) is 11.9. The summed E-state index contributed by atoms with van der Waals surface area (Å²) in [5, 5.41) is 0.712. The maximum absolute atomic E-state index is 12.5. The van der Waals surface area contributed by atoms with E-state index in [1.165, 1.54) is 0 Å². The molecule has 5 nitrogen and oxygen atoms in total. The molecule has 1 unspecified atom stereocenters. The van der Waals surface area contributed by atoms with Gasteiger partial charge in [0, 0.05) is 17.4 Å². The van der Waals surface area contributed by atoms with Crippen molar-refractivity contribution in [2.75, 3.05) is 31.9 Å². The summed E-state index contributed by atoms with van der Waals surface area (Å²) in [7, 11) is 0. The van der Waals surface area contributed by atoms with E-state index in [0.717, 1.165) is 0 Å². The fourth-order valence-corrected chi connectivity index (χ4v) is 2.78. The lowest BCUT2D eigenvalue weighted by atomic mass is 10.1. The Labute approximate surface area is 119 Å². The van der Waals surface area contributed by atoms with Crippen molar-refractivity contribution < 1.29 is 19.0 Å². The van der Waals surface area contributed by atoms with E-state index in [1.54, 1.807) is 18.2 Å². The number of ether oxygens (including phenoxy) is 3. The molecule has 0 saturated carbocycles. The first-order valence-electron chi connectivity index (χ1n) is 6.14. The minimum atomic E-state index is 0.00560. The van der Waals surface area contributed by atoms with Gasteiger partial charge >= 0.3 is 0 Å². The number of fused-ring (bicyclic) bond motifs is 1. The van der Waals surface area contributed by atoms with Gasteiger partial charge in [0.2, 0.25) is 6.79 Å². The number of alkyl halides is 1. The van der Waals surface area contributed by atoms with E-state index in [0.29, 0.717) is 42.2 Å². The Morgan fingerprint density at radius 3 is 3.05 bits per heavy atom. The zero-order valence-electron chi connectivity index (χ0n) is 10.3. The van der Waals surface area contributed by atoms with Crippen molar-refractivity contribution >= 4 is 21.8 Å². The summed E-state index contributed by atoms with van der Waals surface area (Å²) in [6.45, 7) is 1.99. The van der Waals surface area contributed by atoms with Crippen molar-refractivity contribution in [1.82, 2.24) is 4.90 Å². The standard InChI is InChI=1S/C13H14BrNO4/c14-6-10-7-17-4-3-15(10)13(16)9-1-2-11-12(5-9)19-8-18-11/h1-2,5,10H,3-4,6-8H2. The van der Waals surface area contributed by atoms with Crippen LogP contribution in [0, 0.1) is 0 Å². The van der Waals surface area contributed by atoms with E-state index in [4.69, 9.17) is 14.2 Å². The van der Waals surface area contributed by atoms with Gasteiger partial charge in [-0.15, -0.1) is 0 Å². The molecule has 1 saturated heterocycles. The number of rotatable bonds is 2. The van der Waals surface area contributed by atoms with Gasteiger partial charge < -0.3 is 19.1 Å². The minimum absolute atomic E-state index is 0.00560. The van der Waals surface area contributed by atoms with Crippen LogP contribution in [-0.4, -0.2) is 48.7 Å². The van der Waals surface area contributed by atoms with Crippen LogP contribution in [0.5, 0.6) is 11.5 Å². The molecule has 0 radical (unpaired) electrons. The number of carbonyl (C=O) groups is 1. The van der Waals surface area contributed by atoms with Gasteiger partial charge in [-0.2, -0.15) is 0 Å². The van der Waals surface area contributed by atoms with Gasteiger partial charge in [-0.1, -0.05) is 15.9 Å². The van der Waals surface area contributed by atoms with Crippen LogP contribution in [0.3, 0.4) is 0 Å². The lowest BCUT2D eigenvalue weighted by molar-refractivity contribution is 0.00523. The highest BCUT2D eigenvalue weighted by atomic mass is 79.9. The topological polar surface area (TPSA) is 48.0 Å². The van der Waals surface area contributed by atoms with Crippen molar-refractivity contribution in [3.05, 3.63) is 23.8 Å². The molecule has 1 aromatic rings. The van der Waals surface area contributed by atoms with Crippen molar-refractivity contribution in [3.63, 3.8) is 0 Å². The molecule has 0 aromatic heterocycles. The van der Waals surface area contributed by atoms with E-state index in [-0.39, 0.29) is 18.7 Å². The van der Waals surface area contributed by atoms with E-state index >= 15 is 0 Å². The predicted octanol–water partition coefficient (Wildman–Crippen LogP) is 1.65. The Balaban J connectivity index is 1.82.